The fourth-order valence-corrected chi connectivity index (χ4v) is 4.48. The second kappa shape index (κ2) is 8.91. The summed E-state index contributed by atoms with van der Waals surface area (Å²) in [5, 5.41) is 0.639. The van der Waals surface area contributed by atoms with Crippen molar-refractivity contribution in [1.82, 2.24) is 14.5 Å². The van der Waals surface area contributed by atoms with Gasteiger partial charge in [0.15, 0.2) is 0 Å². The third-order valence-corrected chi connectivity index (χ3v) is 6.17. The van der Waals surface area contributed by atoms with Crippen molar-refractivity contribution in [3.8, 4) is 5.75 Å². The van der Waals surface area contributed by atoms with Gasteiger partial charge in [-0.05, 0) is 57.9 Å². The number of aryl methyl sites for hydroxylation is 1. The number of unbranched alkanes of at least 4 members (excludes halogenated alkanes) is 1. The van der Waals surface area contributed by atoms with E-state index in [1.807, 2.05) is 47.4 Å². The van der Waals surface area contributed by atoms with Crippen LogP contribution >= 0.6 is 11.6 Å². The molecule has 0 unspecified atom stereocenters. The Hall–Kier alpha value is -2.53. The molecule has 1 atom stereocenters. The molecule has 31 heavy (non-hydrogen) atoms. The van der Waals surface area contributed by atoms with Crippen LogP contribution in [0, 0.1) is 0 Å². The number of imidazole rings is 1. The Morgan fingerprint density at radius 2 is 1.84 bits per heavy atom. The summed E-state index contributed by atoms with van der Waals surface area (Å²) >= 11 is 6.16. The van der Waals surface area contributed by atoms with Crippen LogP contribution in [-0.4, -0.2) is 39.0 Å². The van der Waals surface area contributed by atoms with Gasteiger partial charge in [0.25, 0.3) is 0 Å². The maximum Gasteiger partial charge on any atom is 0.223 e. The molecule has 1 fully saturated rings. The lowest BCUT2D eigenvalue weighted by Gasteiger charge is -2.32. The first-order valence-electron chi connectivity index (χ1n) is 11.0. The fourth-order valence-electron chi connectivity index (χ4n) is 4.29. The van der Waals surface area contributed by atoms with Gasteiger partial charge >= 0.3 is 0 Å². The van der Waals surface area contributed by atoms with Crippen LogP contribution in [-0.2, 0) is 11.3 Å². The molecule has 1 amide bonds. The molecule has 0 saturated carbocycles. The molecule has 4 rings (SSSR count). The Kier molecular flexibility index (Phi) is 6.24. The first kappa shape index (κ1) is 21.7. The van der Waals surface area contributed by atoms with Crippen molar-refractivity contribution in [2.45, 2.75) is 58.0 Å². The number of para-hydroxylation sites is 3. The summed E-state index contributed by atoms with van der Waals surface area (Å²) in [6.45, 7) is 8.47. The largest absolute Gasteiger partial charge is 0.492 e. The van der Waals surface area contributed by atoms with Gasteiger partial charge in [0, 0.05) is 31.0 Å². The summed E-state index contributed by atoms with van der Waals surface area (Å²) in [5.74, 6) is 2.08. The standard InChI is InChI=1S/C25H30ClN3O2/c1-25(2,3)29-17-18(16-23(29)30)24-27-20-11-5-6-12-21(20)28(24)14-8-9-15-31-22-13-7-4-10-19(22)26/h4-7,10-13,18H,8-9,14-17H2,1-3H3/t18-/m0/s1. The predicted octanol–water partition coefficient (Wildman–Crippen LogP) is 5.66. The van der Waals surface area contributed by atoms with Crippen LogP contribution in [0.5, 0.6) is 5.75 Å². The van der Waals surface area contributed by atoms with Crippen molar-refractivity contribution >= 4 is 28.5 Å². The lowest BCUT2D eigenvalue weighted by molar-refractivity contribution is -0.131. The van der Waals surface area contributed by atoms with Crippen LogP contribution in [0.4, 0.5) is 0 Å². The Bertz CT molecular complexity index is 1070. The molecule has 0 aliphatic carbocycles. The minimum Gasteiger partial charge on any atom is -0.492 e. The smallest absolute Gasteiger partial charge is 0.223 e. The van der Waals surface area contributed by atoms with Crippen LogP contribution in [0.25, 0.3) is 11.0 Å². The van der Waals surface area contributed by atoms with Crippen molar-refractivity contribution in [1.29, 1.82) is 0 Å². The van der Waals surface area contributed by atoms with Crippen LogP contribution in [0.3, 0.4) is 0 Å². The van der Waals surface area contributed by atoms with Crippen molar-refractivity contribution in [3.05, 3.63) is 59.4 Å². The molecule has 2 heterocycles. The molecular formula is C25H30ClN3O2. The zero-order chi connectivity index (χ0) is 22.0. The van der Waals surface area contributed by atoms with Crippen LogP contribution < -0.4 is 4.74 Å². The summed E-state index contributed by atoms with van der Waals surface area (Å²) in [7, 11) is 0. The quantitative estimate of drug-likeness (QED) is 0.446. The van der Waals surface area contributed by atoms with Gasteiger partial charge in [0.2, 0.25) is 5.91 Å². The average Bonchev–Trinajstić information content (AvgIpc) is 3.29. The van der Waals surface area contributed by atoms with Crippen molar-refractivity contribution in [2.75, 3.05) is 13.2 Å². The number of hydrogen-bond acceptors (Lipinski definition) is 3. The number of rotatable bonds is 7. The average molecular weight is 440 g/mol. The summed E-state index contributed by atoms with van der Waals surface area (Å²) in [4.78, 5) is 19.6. The molecule has 0 bridgehead atoms. The van der Waals surface area contributed by atoms with Gasteiger partial charge in [-0.15, -0.1) is 0 Å². The summed E-state index contributed by atoms with van der Waals surface area (Å²) in [6, 6.07) is 15.8. The topological polar surface area (TPSA) is 47.4 Å². The molecule has 0 radical (unpaired) electrons. The Morgan fingerprint density at radius 3 is 2.58 bits per heavy atom. The van der Waals surface area contributed by atoms with Gasteiger partial charge < -0.3 is 14.2 Å². The number of likely N-dealkylation sites (tertiary alicyclic amines) is 1. The molecule has 1 aromatic heterocycles. The Balaban J connectivity index is 1.46. The molecular weight excluding hydrogens is 410 g/mol. The lowest BCUT2D eigenvalue weighted by atomic mass is 10.1. The zero-order valence-corrected chi connectivity index (χ0v) is 19.2. The third-order valence-electron chi connectivity index (χ3n) is 5.85. The maximum atomic E-state index is 12.7. The molecule has 164 valence electrons. The summed E-state index contributed by atoms with van der Waals surface area (Å²) < 4.78 is 8.13. The van der Waals surface area contributed by atoms with Gasteiger partial charge in [-0.25, -0.2) is 4.98 Å². The number of ether oxygens (including phenoxy) is 1. The molecule has 3 aromatic rings. The van der Waals surface area contributed by atoms with E-state index in [4.69, 9.17) is 21.3 Å². The Labute approximate surface area is 189 Å². The molecule has 0 spiro atoms. The van der Waals surface area contributed by atoms with Gasteiger partial charge in [-0.1, -0.05) is 35.9 Å². The molecule has 6 heteroatoms. The van der Waals surface area contributed by atoms with E-state index in [2.05, 4.69) is 31.4 Å². The second-order valence-corrected chi connectivity index (χ2v) is 9.58. The van der Waals surface area contributed by atoms with Crippen molar-refractivity contribution < 1.29 is 9.53 Å². The maximum absolute atomic E-state index is 12.7. The van der Waals surface area contributed by atoms with Crippen molar-refractivity contribution in [3.63, 3.8) is 0 Å². The highest BCUT2D eigenvalue weighted by molar-refractivity contribution is 6.32. The number of fused-ring (bicyclic) bond motifs is 1. The minimum absolute atomic E-state index is 0.124. The lowest BCUT2D eigenvalue weighted by Crippen LogP contribution is -2.42. The number of nitrogens with zero attached hydrogens (tertiary/aromatic N) is 3. The van der Waals surface area contributed by atoms with Crippen LogP contribution in [0.2, 0.25) is 5.02 Å². The number of carbonyl (C=O) groups is 1. The highest BCUT2D eigenvalue weighted by Crippen LogP contribution is 2.34. The van der Waals surface area contributed by atoms with E-state index in [0.717, 1.165) is 48.5 Å². The van der Waals surface area contributed by atoms with Crippen LogP contribution in [0.15, 0.2) is 48.5 Å². The number of hydrogen-bond donors (Lipinski definition) is 0. The van der Waals surface area contributed by atoms with Gasteiger partial charge in [-0.3, -0.25) is 4.79 Å². The molecule has 5 nitrogen and oxygen atoms in total. The van der Waals surface area contributed by atoms with E-state index in [9.17, 15) is 4.79 Å². The van der Waals surface area contributed by atoms with Crippen molar-refractivity contribution in [2.24, 2.45) is 0 Å². The van der Waals surface area contributed by atoms with E-state index in [1.54, 1.807) is 0 Å². The minimum atomic E-state index is -0.168. The number of benzene rings is 2. The third kappa shape index (κ3) is 4.72. The van der Waals surface area contributed by atoms with E-state index in [1.165, 1.54) is 0 Å². The monoisotopic (exact) mass is 439 g/mol. The molecule has 1 aliphatic rings. The normalized spacial score (nSPS) is 17.0. The summed E-state index contributed by atoms with van der Waals surface area (Å²) in [6.07, 6.45) is 2.40. The van der Waals surface area contributed by atoms with Gasteiger partial charge in [-0.2, -0.15) is 0 Å². The molecule has 0 N–H and O–H groups in total. The summed E-state index contributed by atoms with van der Waals surface area (Å²) in [5.41, 5.74) is 1.95. The SMILES string of the molecule is CC(C)(C)N1C[C@@H](c2nc3ccccc3n2CCCCOc2ccccc2Cl)CC1=O. The highest BCUT2D eigenvalue weighted by Gasteiger charge is 2.38. The van der Waals surface area contributed by atoms with E-state index >= 15 is 0 Å². The first-order chi connectivity index (χ1) is 14.8. The Morgan fingerprint density at radius 1 is 1.10 bits per heavy atom. The van der Waals surface area contributed by atoms with E-state index in [-0.39, 0.29) is 17.4 Å². The number of halogens is 1. The second-order valence-electron chi connectivity index (χ2n) is 9.17. The number of carbonyl (C=O) groups excluding carboxylic acids is 1. The fraction of sp³-hybridized carbons (Fsp3) is 0.440. The van der Waals surface area contributed by atoms with E-state index in [0.29, 0.717) is 18.1 Å². The predicted molar refractivity (Wildman–Crippen MR) is 125 cm³/mol. The van der Waals surface area contributed by atoms with Gasteiger partial charge in [0.05, 0.1) is 22.7 Å². The zero-order valence-electron chi connectivity index (χ0n) is 18.5. The van der Waals surface area contributed by atoms with E-state index < -0.39 is 0 Å². The highest BCUT2D eigenvalue weighted by atomic mass is 35.5. The first-order valence-corrected chi connectivity index (χ1v) is 11.4. The molecule has 1 saturated heterocycles. The molecule has 1 aliphatic heterocycles. The van der Waals surface area contributed by atoms with Crippen LogP contribution in [0.1, 0.15) is 51.8 Å². The van der Waals surface area contributed by atoms with Gasteiger partial charge in [0.1, 0.15) is 11.6 Å². The number of aromatic nitrogens is 2. The molecule has 2 aromatic carbocycles. The number of amides is 1.